The lowest BCUT2D eigenvalue weighted by Crippen LogP contribution is -2.26. The van der Waals surface area contributed by atoms with E-state index in [0.717, 1.165) is 11.1 Å². The fraction of sp³-hybridized carbons (Fsp3) is 0.167. The number of benzene rings is 3. The zero-order chi connectivity index (χ0) is 26.7. The van der Waals surface area contributed by atoms with Crippen LogP contribution in [0.4, 0.5) is 11.4 Å². The third kappa shape index (κ3) is 5.46. The van der Waals surface area contributed by atoms with E-state index in [2.05, 4.69) is 10.6 Å². The van der Waals surface area contributed by atoms with E-state index in [0.29, 0.717) is 28.2 Å². The Bertz CT molecular complexity index is 1480. The number of anilines is 2. The fourth-order valence-electron chi connectivity index (χ4n) is 4.21. The van der Waals surface area contributed by atoms with Gasteiger partial charge in [-0.05, 0) is 36.1 Å². The van der Waals surface area contributed by atoms with Gasteiger partial charge in [-0.15, -0.1) is 0 Å². The molecule has 7 heteroatoms. The van der Waals surface area contributed by atoms with Crippen molar-refractivity contribution in [2.75, 3.05) is 10.6 Å². The number of carbonyl (C=O) groups excluding carboxylic acids is 5. The molecule has 0 saturated carbocycles. The van der Waals surface area contributed by atoms with Crippen molar-refractivity contribution in [2.24, 2.45) is 0 Å². The standard InChI is InChI=1S/C30H26N2O5/c1-17(2)21-13-6-8-18(3)28(21)32-30(37)27(35)16-25(33)19-9-7-10-20(14-19)31-24-15-26(34)29(36)23-12-5-4-11-22(23)24/h4-15,17,31H,16H2,1-3H3,(H,32,37). The van der Waals surface area contributed by atoms with E-state index in [1.165, 1.54) is 12.1 Å². The molecule has 0 aromatic heterocycles. The summed E-state index contributed by atoms with van der Waals surface area (Å²) < 4.78 is 0. The van der Waals surface area contributed by atoms with Gasteiger partial charge in [0.05, 0.1) is 12.1 Å². The summed E-state index contributed by atoms with van der Waals surface area (Å²) in [4.78, 5) is 62.4. The van der Waals surface area contributed by atoms with Gasteiger partial charge in [0.25, 0.3) is 5.91 Å². The van der Waals surface area contributed by atoms with Crippen molar-refractivity contribution in [1.82, 2.24) is 0 Å². The van der Waals surface area contributed by atoms with Crippen molar-refractivity contribution in [2.45, 2.75) is 33.1 Å². The molecule has 0 bridgehead atoms. The molecule has 0 spiro atoms. The second-order valence-electron chi connectivity index (χ2n) is 9.17. The van der Waals surface area contributed by atoms with Crippen LogP contribution in [0.1, 0.15) is 63.6 Å². The van der Waals surface area contributed by atoms with Crippen LogP contribution >= 0.6 is 0 Å². The minimum Gasteiger partial charge on any atom is -0.355 e. The summed E-state index contributed by atoms with van der Waals surface area (Å²) in [6.45, 7) is 5.83. The van der Waals surface area contributed by atoms with E-state index >= 15 is 0 Å². The predicted molar refractivity (Wildman–Crippen MR) is 142 cm³/mol. The average molecular weight is 495 g/mol. The number of rotatable bonds is 8. The Morgan fingerprint density at radius 2 is 1.57 bits per heavy atom. The minimum atomic E-state index is -0.842. The lowest BCUT2D eigenvalue weighted by Gasteiger charge is -2.18. The molecule has 0 fully saturated rings. The van der Waals surface area contributed by atoms with Gasteiger partial charge < -0.3 is 10.6 Å². The molecule has 1 aliphatic carbocycles. The van der Waals surface area contributed by atoms with Crippen LogP contribution in [0, 0.1) is 6.92 Å². The van der Waals surface area contributed by atoms with Gasteiger partial charge in [-0.25, -0.2) is 0 Å². The number of hydrogen-bond donors (Lipinski definition) is 2. The van der Waals surface area contributed by atoms with Crippen LogP contribution < -0.4 is 10.6 Å². The number of aryl methyl sites for hydroxylation is 1. The highest BCUT2D eigenvalue weighted by atomic mass is 16.2. The summed E-state index contributed by atoms with van der Waals surface area (Å²) in [6.07, 6.45) is 0.640. The molecular formula is C30H26N2O5. The van der Waals surface area contributed by atoms with Crippen molar-refractivity contribution in [3.8, 4) is 0 Å². The van der Waals surface area contributed by atoms with Crippen molar-refractivity contribution in [3.05, 3.63) is 101 Å². The summed E-state index contributed by atoms with van der Waals surface area (Å²) >= 11 is 0. The van der Waals surface area contributed by atoms with Crippen LogP contribution in [0.5, 0.6) is 0 Å². The summed E-state index contributed by atoms with van der Waals surface area (Å²) in [5.41, 5.74) is 4.36. The molecule has 4 rings (SSSR count). The second-order valence-corrected chi connectivity index (χ2v) is 9.17. The molecule has 7 nitrogen and oxygen atoms in total. The van der Waals surface area contributed by atoms with Crippen molar-refractivity contribution < 1.29 is 24.0 Å². The van der Waals surface area contributed by atoms with E-state index in [1.807, 2.05) is 39.0 Å². The molecule has 0 aliphatic heterocycles. The maximum absolute atomic E-state index is 12.8. The first kappa shape index (κ1) is 25.4. The third-order valence-corrected chi connectivity index (χ3v) is 6.16. The molecule has 2 N–H and O–H groups in total. The third-order valence-electron chi connectivity index (χ3n) is 6.16. The Hall–Kier alpha value is -4.65. The van der Waals surface area contributed by atoms with Crippen LogP contribution in [-0.2, 0) is 14.4 Å². The number of amides is 1. The Kier molecular flexibility index (Phi) is 7.25. The molecule has 3 aromatic rings. The zero-order valence-corrected chi connectivity index (χ0v) is 20.8. The van der Waals surface area contributed by atoms with E-state index < -0.39 is 35.5 Å². The van der Waals surface area contributed by atoms with Gasteiger partial charge in [0.1, 0.15) is 0 Å². The molecule has 0 atom stereocenters. The largest absolute Gasteiger partial charge is 0.355 e. The molecule has 37 heavy (non-hydrogen) atoms. The van der Waals surface area contributed by atoms with Gasteiger partial charge in [0.2, 0.25) is 17.3 Å². The van der Waals surface area contributed by atoms with Crippen LogP contribution in [-0.4, -0.2) is 29.0 Å². The van der Waals surface area contributed by atoms with Gasteiger partial charge in [0, 0.05) is 34.1 Å². The Balaban J connectivity index is 1.47. The van der Waals surface area contributed by atoms with E-state index in [-0.39, 0.29) is 11.5 Å². The predicted octanol–water partition coefficient (Wildman–Crippen LogP) is 5.12. The lowest BCUT2D eigenvalue weighted by molar-refractivity contribution is -0.134. The van der Waals surface area contributed by atoms with Crippen LogP contribution in [0.2, 0.25) is 0 Å². The zero-order valence-electron chi connectivity index (χ0n) is 20.8. The molecule has 0 radical (unpaired) electrons. The van der Waals surface area contributed by atoms with E-state index in [4.69, 9.17) is 0 Å². The number of fused-ring (bicyclic) bond motifs is 1. The average Bonchev–Trinajstić information content (AvgIpc) is 2.88. The van der Waals surface area contributed by atoms with Gasteiger partial charge in [-0.2, -0.15) is 0 Å². The van der Waals surface area contributed by atoms with Crippen molar-refractivity contribution in [3.63, 3.8) is 0 Å². The summed E-state index contributed by atoms with van der Waals surface area (Å²) in [5, 5.41) is 5.77. The second kappa shape index (κ2) is 10.5. The monoisotopic (exact) mass is 494 g/mol. The molecular weight excluding hydrogens is 468 g/mol. The fourth-order valence-corrected chi connectivity index (χ4v) is 4.21. The minimum absolute atomic E-state index is 0.141. The van der Waals surface area contributed by atoms with E-state index in [1.54, 1.807) is 42.5 Å². The molecule has 0 saturated heterocycles. The first-order valence-corrected chi connectivity index (χ1v) is 11.9. The SMILES string of the molecule is Cc1cccc(C(C)C)c1NC(=O)C(=O)CC(=O)c1cccc(NC2=CC(=O)C(=O)c3ccccc32)c1. The van der Waals surface area contributed by atoms with E-state index in [9.17, 15) is 24.0 Å². The number of Topliss-reactive ketones (excluding diaryl/α,β-unsaturated/α-hetero) is 3. The molecule has 0 heterocycles. The molecule has 186 valence electrons. The maximum atomic E-state index is 12.8. The lowest BCUT2D eigenvalue weighted by atomic mass is 9.92. The number of ketones is 4. The first-order chi connectivity index (χ1) is 17.7. The van der Waals surface area contributed by atoms with Gasteiger partial charge in [-0.3, -0.25) is 24.0 Å². The smallest absolute Gasteiger partial charge is 0.292 e. The number of carbonyl (C=O) groups is 5. The molecule has 0 unspecified atom stereocenters. The molecule has 3 aromatic carbocycles. The van der Waals surface area contributed by atoms with Crippen LogP contribution in [0.15, 0.2) is 72.8 Å². The normalized spacial score (nSPS) is 12.6. The quantitative estimate of drug-likeness (QED) is 0.256. The number of nitrogens with one attached hydrogen (secondary N) is 2. The summed E-state index contributed by atoms with van der Waals surface area (Å²) in [5.74, 6) is -3.27. The molecule has 1 aliphatic rings. The highest BCUT2D eigenvalue weighted by molar-refractivity contribution is 6.50. The first-order valence-electron chi connectivity index (χ1n) is 11.9. The Morgan fingerprint density at radius 3 is 2.30 bits per heavy atom. The summed E-state index contributed by atoms with van der Waals surface area (Å²) in [6, 6.07) is 18.8. The topological polar surface area (TPSA) is 109 Å². The van der Waals surface area contributed by atoms with Crippen molar-refractivity contribution in [1.29, 1.82) is 0 Å². The maximum Gasteiger partial charge on any atom is 0.292 e. The highest BCUT2D eigenvalue weighted by Crippen LogP contribution is 2.28. The number of allylic oxidation sites excluding steroid dienone is 1. The van der Waals surface area contributed by atoms with Crippen molar-refractivity contribution >= 4 is 46.1 Å². The van der Waals surface area contributed by atoms with Crippen LogP contribution in [0.3, 0.4) is 0 Å². The summed E-state index contributed by atoms with van der Waals surface area (Å²) in [7, 11) is 0. The molecule has 1 amide bonds. The van der Waals surface area contributed by atoms with Gasteiger partial charge in [-0.1, -0.05) is 68.4 Å². The Morgan fingerprint density at radius 1 is 0.865 bits per heavy atom. The van der Waals surface area contributed by atoms with Gasteiger partial charge >= 0.3 is 0 Å². The number of hydrogen-bond acceptors (Lipinski definition) is 6. The van der Waals surface area contributed by atoms with Crippen LogP contribution in [0.25, 0.3) is 5.70 Å². The number of para-hydroxylation sites is 1. The highest BCUT2D eigenvalue weighted by Gasteiger charge is 2.26. The Labute approximate surface area is 214 Å². The van der Waals surface area contributed by atoms with Gasteiger partial charge in [0.15, 0.2) is 5.78 Å².